The smallest absolute Gasteiger partial charge is 0.307 e. The molecule has 0 amide bonds. The predicted molar refractivity (Wildman–Crippen MR) is 146 cm³/mol. The molecule has 0 N–H and O–H groups in total. The van der Waals surface area contributed by atoms with Crippen LogP contribution in [-0.2, 0) is 9.53 Å². The first kappa shape index (κ1) is 26.7. The highest BCUT2D eigenvalue weighted by molar-refractivity contribution is 9.09. The maximum atomic E-state index is 12.2. The Labute approximate surface area is 218 Å². The summed E-state index contributed by atoms with van der Waals surface area (Å²) in [6.45, 7) is 9.58. The number of carbonyl (C=O) groups excluding carboxylic acids is 1. The van der Waals surface area contributed by atoms with Crippen molar-refractivity contribution in [3.63, 3.8) is 0 Å². The molecule has 0 heterocycles. The second-order valence-electron chi connectivity index (χ2n) is 13.0. The molecule has 4 aliphatic carbocycles. The number of fused-ring (bicyclic) bond motifs is 5. The fourth-order valence-corrected chi connectivity index (χ4v) is 9.21. The standard InChI is InChI=1S/C31H51BrO2/c1-5-6-7-8-9-10-11-23-13-15-27-26-14-12-24-21-25(34-29(33)20-22(2)32)16-18-31(24,4)28(26)17-19-30(23,27)3/h12,22-23,25-28H,5-11,13-21H2,1-4H3. The van der Waals surface area contributed by atoms with E-state index in [9.17, 15) is 4.79 Å². The molecule has 4 rings (SSSR count). The average Bonchev–Trinajstić information content (AvgIpc) is 3.12. The van der Waals surface area contributed by atoms with Crippen LogP contribution in [0.3, 0.4) is 0 Å². The summed E-state index contributed by atoms with van der Waals surface area (Å²) in [5, 5.41) is 0. The molecule has 0 spiro atoms. The Morgan fingerprint density at radius 1 is 1.06 bits per heavy atom. The van der Waals surface area contributed by atoms with Crippen molar-refractivity contribution in [2.45, 2.75) is 141 Å². The third-order valence-electron chi connectivity index (χ3n) is 10.9. The van der Waals surface area contributed by atoms with Crippen molar-refractivity contribution < 1.29 is 9.53 Å². The van der Waals surface area contributed by atoms with Crippen LogP contribution in [0, 0.1) is 34.5 Å². The lowest BCUT2D eigenvalue weighted by atomic mass is 9.47. The number of halogens is 1. The summed E-state index contributed by atoms with van der Waals surface area (Å²) >= 11 is 3.49. The molecule has 2 nitrogen and oxygen atoms in total. The van der Waals surface area contributed by atoms with Gasteiger partial charge in [0.05, 0.1) is 6.42 Å². The molecule has 3 saturated carbocycles. The molecular formula is C31H51BrO2. The number of unbranched alkanes of at least 4 members (excludes halogenated alkanes) is 5. The molecule has 0 bridgehead atoms. The van der Waals surface area contributed by atoms with Crippen LogP contribution >= 0.6 is 15.9 Å². The number of alkyl halides is 1. The van der Waals surface area contributed by atoms with Gasteiger partial charge < -0.3 is 4.74 Å². The summed E-state index contributed by atoms with van der Waals surface area (Å²) in [4.78, 5) is 12.4. The highest BCUT2D eigenvalue weighted by Crippen LogP contribution is 2.66. The van der Waals surface area contributed by atoms with E-state index < -0.39 is 0 Å². The van der Waals surface area contributed by atoms with Gasteiger partial charge in [0.25, 0.3) is 0 Å². The van der Waals surface area contributed by atoms with Crippen molar-refractivity contribution in [2.75, 3.05) is 0 Å². The lowest BCUT2D eigenvalue weighted by Gasteiger charge is -2.58. The van der Waals surface area contributed by atoms with E-state index in [1.54, 1.807) is 5.57 Å². The van der Waals surface area contributed by atoms with Crippen molar-refractivity contribution in [1.29, 1.82) is 0 Å². The molecule has 4 aliphatic rings. The molecule has 0 saturated heterocycles. The molecule has 0 aromatic heterocycles. The Balaban J connectivity index is 1.36. The van der Waals surface area contributed by atoms with Gasteiger partial charge in [-0.1, -0.05) is 93.8 Å². The van der Waals surface area contributed by atoms with Gasteiger partial charge in [-0.05, 0) is 85.9 Å². The highest BCUT2D eigenvalue weighted by Gasteiger charge is 2.58. The fraction of sp³-hybridized carbons (Fsp3) is 0.903. The summed E-state index contributed by atoms with van der Waals surface area (Å²) < 4.78 is 5.89. The van der Waals surface area contributed by atoms with E-state index in [1.165, 1.54) is 83.5 Å². The first-order valence-corrected chi connectivity index (χ1v) is 15.7. The van der Waals surface area contributed by atoms with Gasteiger partial charge in [0.15, 0.2) is 0 Å². The van der Waals surface area contributed by atoms with Crippen LogP contribution in [0.4, 0.5) is 0 Å². The zero-order chi connectivity index (χ0) is 24.3. The molecule has 8 atom stereocenters. The first-order chi connectivity index (χ1) is 16.3. The van der Waals surface area contributed by atoms with Crippen LogP contribution in [0.5, 0.6) is 0 Å². The third kappa shape index (κ3) is 5.50. The summed E-state index contributed by atoms with van der Waals surface area (Å²) in [6.07, 6.45) is 23.5. The Hall–Kier alpha value is -0.310. The van der Waals surface area contributed by atoms with E-state index in [0.717, 1.165) is 36.5 Å². The van der Waals surface area contributed by atoms with Crippen LogP contribution in [-0.4, -0.2) is 16.9 Å². The van der Waals surface area contributed by atoms with Gasteiger partial charge in [0.1, 0.15) is 6.10 Å². The van der Waals surface area contributed by atoms with E-state index in [-0.39, 0.29) is 16.9 Å². The second kappa shape index (κ2) is 11.4. The quantitative estimate of drug-likeness (QED) is 0.121. The molecule has 0 radical (unpaired) electrons. The molecular weight excluding hydrogens is 484 g/mol. The van der Waals surface area contributed by atoms with E-state index in [4.69, 9.17) is 4.74 Å². The number of ether oxygens (including phenoxy) is 1. The lowest BCUT2D eigenvalue weighted by molar-refractivity contribution is -0.151. The normalized spacial score (nSPS) is 40.0. The SMILES string of the molecule is CCCCCCCCC1CCC2C3CC=C4CC(OC(=O)CC(C)Br)CCC4(C)C3CCC12C. The van der Waals surface area contributed by atoms with E-state index >= 15 is 0 Å². The largest absolute Gasteiger partial charge is 0.462 e. The Morgan fingerprint density at radius 2 is 1.82 bits per heavy atom. The van der Waals surface area contributed by atoms with Gasteiger partial charge in [-0.25, -0.2) is 0 Å². The first-order valence-electron chi connectivity index (χ1n) is 14.8. The second-order valence-corrected chi connectivity index (χ2v) is 14.5. The molecule has 194 valence electrons. The number of rotatable bonds is 10. The number of allylic oxidation sites excluding steroid dienone is 1. The van der Waals surface area contributed by atoms with Crippen LogP contribution in [0.25, 0.3) is 0 Å². The molecule has 0 aromatic carbocycles. The van der Waals surface area contributed by atoms with E-state index in [1.807, 2.05) is 6.92 Å². The number of hydrogen-bond donors (Lipinski definition) is 0. The molecule has 8 unspecified atom stereocenters. The monoisotopic (exact) mass is 534 g/mol. The number of hydrogen-bond acceptors (Lipinski definition) is 2. The Morgan fingerprint density at radius 3 is 2.59 bits per heavy atom. The summed E-state index contributed by atoms with van der Waals surface area (Å²) in [7, 11) is 0. The molecule has 0 aliphatic heterocycles. The van der Waals surface area contributed by atoms with Gasteiger partial charge in [0, 0.05) is 11.2 Å². The lowest BCUT2D eigenvalue weighted by Crippen LogP contribution is -2.50. The minimum atomic E-state index is -0.0388. The molecule has 0 aromatic rings. The highest BCUT2D eigenvalue weighted by atomic mass is 79.9. The topological polar surface area (TPSA) is 26.3 Å². The number of carbonyl (C=O) groups is 1. The van der Waals surface area contributed by atoms with Crippen LogP contribution in [0.2, 0.25) is 0 Å². The van der Waals surface area contributed by atoms with Gasteiger partial charge in [-0.15, -0.1) is 0 Å². The summed E-state index contributed by atoms with van der Waals surface area (Å²) in [6, 6.07) is 0. The zero-order valence-corrected chi connectivity index (χ0v) is 24.1. The predicted octanol–water partition coefficient (Wildman–Crippen LogP) is 9.40. The van der Waals surface area contributed by atoms with Crippen LogP contribution in [0.1, 0.15) is 130 Å². The van der Waals surface area contributed by atoms with E-state index in [0.29, 0.717) is 17.3 Å². The molecule has 3 fully saturated rings. The fourth-order valence-electron chi connectivity index (χ4n) is 8.95. The van der Waals surface area contributed by atoms with Crippen molar-refractivity contribution in [3.8, 4) is 0 Å². The molecule has 3 heteroatoms. The van der Waals surface area contributed by atoms with Crippen LogP contribution in [0.15, 0.2) is 11.6 Å². The minimum Gasteiger partial charge on any atom is -0.462 e. The third-order valence-corrected chi connectivity index (χ3v) is 11.2. The maximum Gasteiger partial charge on any atom is 0.307 e. The Bertz CT molecular complexity index is 729. The summed E-state index contributed by atoms with van der Waals surface area (Å²) in [5.41, 5.74) is 2.55. The van der Waals surface area contributed by atoms with Crippen molar-refractivity contribution in [2.24, 2.45) is 34.5 Å². The number of esters is 1. The van der Waals surface area contributed by atoms with Crippen molar-refractivity contribution in [3.05, 3.63) is 11.6 Å². The van der Waals surface area contributed by atoms with Gasteiger partial charge in [-0.2, -0.15) is 0 Å². The van der Waals surface area contributed by atoms with Crippen LogP contribution < -0.4 is 0 Å². The van der Waals surface area contributed by atoms with Gasteiger partial charge >= 0.3 is 5.97 Å². The summed E-state index contributed by atoms with van der Waals surface area (Å²) in [5.74, 6) is 3.59. The average molecular weight is 536 g/mol. The van der Waals surface area contributed by atoms with Gasteiger partial charge in [-0.3, -0.25) is 4.79 Å². The molecule has 34 heavy (non-hydrogen) atoms. The van der Waals surface area contributed by atoms with E-state index in [2.05, 4.69) is 42.8 Å². The van der Waals surface area contributed by atoms with Gasteiger partial charge in [0.2, 0.25) is 0 Å². The zero-order valence-electron chi connectivity index (χ0n) is 22.5. The maximum absolute atomic E-state index is 12.2. The Kier molecular flexibility index (Phi) is 8.96. The van der Waals surface area contributed by atoms with Crippen molar-refractivity contribution in [1.82, 2.24) is 0 Å². The van der Waals surface area contributed by atoms with Crippen molar-refractivity contribution >= 4 is 21.9 Å². The minimum absolute atomic E-state index is 0.0388.